The third-order valence-corrected chi connectivity index (χ3v) is 7.74. The lowest BCUT2D eigenvalue weighted by Crippen LogP contribution is -2.47. The van der Waals surface area contributed by atoms with Crippen LogP contribution in [0.4, 0.5) is 20.5 Å². The fourth-order valence-electron chi connectivity index (χ4n) is 5.94. The van der Waals surface area contributed by atoms with Gasteiger partial charge < -0.3 is 19.5 Å². The standard InChI is InChI=1S/C30H36F2N8O/c1-18-34-28-22(31)12-20(13-25(28)40(18)30(2,3)4)27-23(32)14-33-29(37-27)36-26-7-6-19-15-39(9-8-24(19)35-26)17-21-16-38(5)10-11-41-21/h6-7,12-14,21H,8-11,15-17H2,1-5H3,(H,33,35,36,37)/t21-/m1/s1. The highest BCUT2D eigenvalue weighted by Crippen LogP contribution is 2.32. The zero-order valence-corrected chi connectivity index (χ0v) is 24.2. The largest absolute Gasteiger partial charge is 0.374 e. The maximum absolute atomic E-state index is 15.1. The number of halogens is 2. The maximum atomic E-state index is 15.1. The Hall–Kier alpha value is -3.54. The lowest BCUT2D eigenvalue weighted by atomic mass is 10.0. The number of benzene rings is 1. The summed E-state index contributed by atoms with van der Waals surface area (Å²) < 4.78 is 38.0. The summed E-state index contributed by atoms with van der Waals surface area (Å²) in [7, 11) is 2.13. The minimum absolute atomic E-state index is 0.00629. The number of rotatable bonds is 5. The molecule has 41 heavy (non-hydrogen) atoms. The summed E-state index contributed by atoms with van der Waals surface area (Å²) >= 11 is 0. The van der Waals surface area contributed by atoms with Crippen LogP contribution < -0.4 is 5.32 Å². The molecule has 2 aliphatic heterocycles. The van der Waals surface area contributed by atoms with E-state index in [1.165, 1.54) is 11.6 Å². The molecule has 0 radical (unpaired) electrons. The second-order valence-electron chi connectivity index (χ2n) is 12.0. The first-order valence-corrected chi connectivity index (χ1v) is 14.1. The summed E-state index contributed by atoms with van der Waals surface area (Å²) in [5, 5.41) is 3.11. The number of nitrogens with zero attached hydrogens (tertiary/aromatic N) is 7. The van der Waals surface area contributed by atoms with E-state index in [0.717, 1.165) is 57.6 Å². The van der Waals surface area contributed by atoms with Crippen LogP contribution in [0.25, 0.3) is 22.3 Å². The molecule has 3 aromatic heterocycles. The highest BCUT2D eigenvalue weighted by atomic mass is 19.1. The van der Waals surface area contributed by atoms with Gasteiger partial charge in [-0.2, -0.15) is 0 Å². The molecule has 1 atom stereocenters. The summed E-state index contributed by atoms with van der Waals surface area (Å²) in [6, 6.07) is 6.96. The number of imidazole rings is 1. The number of hydrogen-bond donors (Lipinski definition) is 1. The Labute approximate surface area is 238 Å². The molecule has 216 valence electrons. The average Bonchev–Trinajstić information content (AvgIpc) is 3.27. The van der Waals surface area contributed by atoms with Crippen molar-refractivity contribution in [1.82, 2.24) is 34.3 Å². The number of aromatic nitrogens is 5. The number of likely N-dealkylation sites (N-methyl/N-ethyl adjacent to an activating group) is 1. The van der Waals surface area contributed by atoms with Crippen molar-refractivity contribution in [2.45, 2.75) is 52.3 Å². The first kappa shape index (κ1) is 27.6. The van der Waals surface area contributed by atoms with Crippen LogP contribution >= 0.6 is 0 Å². The molecule has 6 rings (SSSR count). The molecular weight excluding hydrogens is 526 g/mol. The van der Waals surface area contributed by atoms with E-state index in [-0.39, 0.29) is 28.8 Å². The van der Waals surface area contributed by atoms with Crippen molar-refractivity contribution < 1.29 is 13.5 Å². The van der Waals surface area contributed by atoms with Gasteiger partial charge in [-0.1, -0.05) is 6.07 Å². The van der Waals surface area contributed by atoms with Crippen molar-refractivity contribution in [1.29, 1.82) is 0 Å². The molecule has 5 heterocycles. The second-order valence-corrected chi connectivity index (χ2v) is 12.0. The summed E-state index contributed by atoms with van der Waals surface area (Å²) in [6.07, 6.45) is 2.14. The SMILES string of the molecule is Cc1nc2c(F)cc(-c3nc(Nc4ccc5c(n4)CCN(C[C@H]4CN(C)CCO4)C5)ncc3F)cc2n1C(C)(C)C. The molecule has 1 N–H and O–H groups in total. The van der Waals surface area contributed by atoms with Crippen LogP contribution in [-0.4, -0.2) is 80.2 Å². The quantitative estimate of drug-likeness (QED) is 0.376. The molecule has 4 aromatic rings. The monoisotopic (exact) mass is 562 g/mol. The number of anilines is 2. The molecule has 0 saturated carbocycles. The number of pyridine rings is 1. The van der Waals surface area contributed by atoms with Crippen molar-refractivity contribution in [2.75, 3.05) is 45.2 Å². The van der Waals surface area contributed by atoms with Gasteiger partial charge in [-0.15, -0.1) is 0 Å². The molecule has 0 bridgehead atoms. The van der Waals surface area contributed by atoms with Crippen molar-refractivity contribution >= 4 is 22.8 Å². The van der Waals surface area contributed by atoms with E-state index in [0.29, 0.717) is 22.7 Å². The van der Waals surface area contributed by atoms with Crippen molar-refractivity contribution in [3.8, 4) is 11.3 Å². The van der Waals surface area contributed by atoms with Crippen LogP contribution in [0.1, 0.15) is 37.9 Å². The minimum Gasteiger partial charge on any atom is -0.374 e. The van der Waals surface area contributed by atoms with Gasteiger partial charge in [0.1, 0.15) is 22.9 Å². The Morgan fingerprint density at radius 2 is 1.90 bits per heavy atom. The number of morpholine rings is 1. The normalized spacial score (nSPS) is 18.6. The lowest BCUT2D eigenvalue weighted by Gasteiger charge is -2.35. The van der Waals surface area contributed by atoms with E-state index in [4.69, 9.17) is 9.72 Å². The van der Waals surface area contributed by atoms with E-state index in [2.05, 4.69) is 43.2 Å². The number of fused-ring (bicyclic) bond motifs is 2. The second kappa shape index (κ2) is 10.7. The van der Waals surface area contributed by atoms with Gasteiger partial charge >= 0.3 is 0 Å². The molecule has 0 amide bonds. The number of ether oxygens (including phenoxy) is 1. The molecule has 11 heteroatoms. The predicted molar refractivity (Wildman–Crippen MR) is 154 cm³/mol. The van der Waals surface area contributed by atoms with Gasteiger partial charge in [0, 0.05) is 55.9 Å². The van der Waals surface area contributed by atoms with E-state index >= 15 is 4.39 Å². The highest BCUT2D eigenvalue weighted by Gasteiger charge is 2.25. The minimum atomic E-state index is -0.639. The molecule has 2 aliphatic rings. The van der Waals surface area contributed by atoms with E-state index in [1.54, 1.807) is 6.07 Å². The fourth-order valence-corrected chi connectivity index (χ4v) is 5.94. The van der Waals surface area contributed by atoms with Crippen LogP contribution in [0, 0.1) is 18.6 Å². The number of hydrogen-bond acceptors (Lipinski definition) is 8. The van der Waals surface area contributed by atoms with Gasteiger partial charge in [0.15, 0.2) is 11.6 Å². The Bertz CT molecular complexity index is 1600. The third-order valence-electron chi connectivity index (χ3n) is 7.74. The zero-order chi connectivity index (χ0) is 28.9. The van der Waals surface area contributed by atoms with Crippen LogP contribution in [0.5, 0.6) is 0 Å². The topological polar surface area (TPSA) is 84.2 Å². The first-order chi connectivity index (χ1) is 19.5. The van der Waals surface area contributed by atoms with Crippen LogP contribution in [0.15, 0.2) is 30.5 Å². The average molecular weight is 563 g/mol. The van der Waals surface area contributed by atoms with Crippen LogP contribution in [0.2, 0.25) is 0 Å². The lowest BCUT2D eigenvalue weighted by molar-refractivity contribution is -0.0374. The van der Waals surface area contributed by atoms with Gasteiger partial charge in [0.05, 0.1) is 24.4 Å². The Morgan fingerprint density at radius 3 is 2.68 bits per heavy atom. The van der Waals surface area contributed by atoms with Crippen molar-refractivity contribution in [3.63, 3.8) is 0 Å². The molecule has 0 spiro atoms. The molecule has 9 nitrogen and oxygen atoms in total. The molecule has 1 fully saturated rings. The van der Waals surface area contributed by atoms with E-state index < -0.39 is 11.6 Å². The molecule has 1 aromatic carbocycles. The van der Waals surface area contributed by atoms with Gasteiger partial charge in [-0.25, -0.2) is 28.7 Å². The Morgan fingerprint density at radius 1 is 1.07 bits per heavy atom. The summed E-state index contributed by atoms with van der Waals surface area (Å²) in [5.74, 6) is 0.287. The van der Waals surface area contributed by atoms with Gasteiger partial charge in [0.25, 0.3) is 0 Å². The zero-order valence-electron chi connectivity index (χ0n) is 24.2. The predicted octanol–water partition coefficient (Wildman–Crippen LogP) is 4.66. The van der Waals surface area contributed by atoms with E-state index in [1.807, 2.05) is 38.3 Å². The van der Waals surface area contributed by atoms with Gasteiger partial charge in [-0.3, -0.25) is 4.90 Å². The van der Waals surface area contributed by atoms with Gasteiger partial charge in [0.2, 0.25) is 5.95 Å². The molecular formula is C30H36F2N8O. The van der Waals surface area contributed by atoms with Gasteiger partial charge in [-0.05, 0) is 58.5 Å². The van der Waals surface area contributed by atoms with Crippen LogP contribution in [-0.2, 0) is 23.2 Å². The summed E-state index contributed by atoms with van der Waals surface area (Å²) in [5.41, 5.74) is 3.03. The highest BCUT2D eigenvalue weighted by molar-refractivity contribution is 5.83. The molecule has 1 saturated heterocycles. The Balaban J connectivity index is 1.22. The summed E-state index contributed by atoms with van der Waals surface area (Å²) in [6.45, 7) is 13.2. The maximum Gasteiger partial charge on any atom is 0.229 e. The Kier molecular flexibility index (Phi) is 7.21. The third kappa shape index (κ3) is 5.66. The number of aryl methyl sites for hydroxylation is 1. The smallest absolute Gasteiger partial charge is 0.229 e. The number of nitrogens with one attached hydrogen (secondary N) is 1. The summed E-state index contributed by atoms with van der Waals surface area (Å²) in [4.78, 5) is 22.5. The van der Waals surface area contributed by atoms with Crippen molar-refractivity contribution in [2.24, 2.45) is 0 Å². The first-order valence-electron chi connectivity index (χ1n) is 14.1. The van der Waals surface area contributed by atoms with E-state index in [9.17, 15) is 4.39 Å². The molecule has 0 unspecified atom stereocenters. The van der Waals surface area contributed by atoms with Crippen molar-refractivity contribution in [3.05, 3.63) is 59.2 Å². The fraction of sp³-hybridized carbons (Fsp3) is 0.467. The molecule has 0 aliphatic carbocycles. The van der Waals surface area contributed by atoms with Crippen LogP contribution in [0.3, 0.4) is 0 Å².